The average Bonchev–Trinajstić information content (AvgIpc) is 3.41. The summed E-state index contributed by atoms with van der Waals surface area (Å²) in [5.74, 6) is 1.60. The Morgan fingerprint density at radius 3 is 2.59 bits per heavy atom. The van der Waals surface area contributed by atoms with Gasteiger partial charge >= 0.3 is 0 Å². The predicted molar refractivity (Wildman–Crippen MR) is 116 cm³/mol. The van der Waals surface area contributed by atoms with Gasteiger partial charge < -0.3 is 14.4 Å². The quantitative estimate of drug-likeness (QED) is 0.578. The number of benzene rings is 2. The number of ether oxygens (including phenoxy) is 2. The van der Waals surface area contributed by atoms with Gasteiger partial charge in [0.15, 0.2) is 11.5 Å². The molecule has 29 heavy (non-hydrogen) atoms. The van der Waals surface area contributed by atoms with Crippen molar-refractivity contribution in [2.45, 2.75) is 19.4 Å². The van der Waals surface area contributed by atoms with Crippen molar-refractivity contribution in [3.63, 3.8) is 0 Å². The number of rotatable bonds is 6. The zero-order valence-electron chi connectivity index (χ0n) is 16.8. The van der Waals surface area contributed by atoms with E-state index in [0.29, 0.717) is 18.0 Å². The smallest absolute Gasteiger partial charge is 0.288 e. The van der Waals surface area contributed by atoms with Crippen LogP contribution in [0.3, 0.4) is 0 Å². The molecule has 1 aliphatic heterocycles. The van der Waals surface area contributed by atoms with E-state index in [9.17, 15) is 4.79 Å². The molecule has 0 N–H and O–H groups in total. The number of hydrogen-bond donors (Lipinski definition) is 0. The monoisotopic (exact) mass is 409 g/mol. The third-order valence-electron chi connectivity index (χ3n) is 5.21. The minimum absolute atomic E-state index is 0.191. The van der Waals surface area contributed by atoms with Crippen LogP contribution in [0.1, 0.15) is 23.4 Å². The second-order valence-corrected chi connectivity index (χ2v) is 8.09. The summed E-state index contributed by atoms with van der Waals surface area (Å²) >= 11 is 1.69. The van der Waals surface area contributed by atoms with Crippen molar-refractivity contribution in [3.05, 3.63) is 53.0 Å². The largest absolute Gasteiger partial charge is 0.493 e. The zero-order valence-corrected chi connectivity index (χ0v) is 17.6. The summed E-state index contributed by atoms with van der Waals surface area (Å²) < 4.78 is 14.0. The van der Waals surface area contributed by atoms with Gasteiger partial charge in [-0.3, -0.25) is 4.79 Å². The van der Waals surface area contributed by atoms with Crippen LogP contribution in [0.25, 0.3) is 22.4 Å². The average molecular weight is 410 g/mol. The van der Waals surface area contributed by atoms with Crippen LogP contribution in [0.2, 0.25) is 0 Å². The van der Waals surface area contributed by atoms with Crippen LogP contribution in [0.15, 0.2) is 42.5 Å². The van der Waals surface area contributed by atoms with Crippen molar-refractivity contribution in [2.75, 3.05) is 27.3 Å². The molecule has 0 unspecified atom stereocenters. The van der Waals surface area contributed by atoms with Crippen molar-refractivity contribution in [2.24, 2.45) is 0 Å². The number of nitrogens with zero attached hydrogens (tertiary/aromatic N) is 2. The van der Waals surface area contributed by atoms with Crippen LogP contribution in [-0.4, -0.2) is 38.1 Å². The second kappa shape index (κ2) is 8.66. The molecular weight excluding hydrogens is 384 g/mol. The molecule has 0 spiro atoms. The van der Waals surface area contributed by atoms with Gasteiger partial charge in [0.05, 0.1) is 14.2 Å². The van der Waals surface area contributed by atoms with Gasteiger partial charge in [-0.15, -0.1) is 0 Å². The number of fused-ring (bicyclic) bond motifs is 1. The lowest BCUT2D eigenvalue weighted by Gasteiger charge is -2.12. The number of hydrogen-bond acceptors (Lipinski definition) is 4. The van der Waals surface area contributed by atoms with E-state index in [1.807, 2.05) is 41.3 Å². The molecule has 6 heteroatoms. The fourth-order valence-corrected chi connectivity index (χ4v) is 4.73. The van der Waals surface area contributed by atoms with E-state index in [2.05, 4.69) is 22.8 Å². The summed E-state index contributed by atoms with van der Waals surface area (Å²) in [6.07, 6.45) is 6.33. The highest BCUT2D eigenvalue weighted by molar-refractivity contribution is 7.18. The topological polar surface area (TPSA) is 42.7 Å². The van der Waals surface area contributed by atoms with Crippen LogP contribution in [-0.2, 0) is 11.3 Å². The van der Waals surface area contributed by atoms with Gasteiger partial charge in [-0.1, -0.05) is 29.5 Å². The van der Waals surface area contributed by atoms with Crippen LogP contribution >= 0.6 is 11.3 Å². The van der Waals surface area contributed by atoms with Gasteiger partial charge in [0.2, 0.25) is 12.1 Å². The van der Waals surface area contributed by atoms with Crippen molar-refractivity contribution >= 4 is 39.6 Å². The minimum atomic E-state index is 0.191. The Bertz CT molecular complexity index is 1050. The van der Waals surface area contributed by atoms with Crippen molar-refractivity contribution in [3.8, 4) is 11.5 Å². The maximum atomic E-state index is 12.8. The zero-order chi connectivity index (χ0) is 20.2. The van der Waals surface area contributed by atoms with Gasteiger partial charge in [-0.05, 0) is 42.7 Å². The van der Waals surface area contributed by atoms with Gasteiger partial charge in [0, 0.05) is 25.2 Å². The molecule has 1 aliphatic rings. The van der Waals surface area contributed by atoms with E-state index >= 15 is 0 Å². The van der Waals surface area contributed by atoms with E-state index < -0.39 is 0 Å². The lowest BCUT2D eigenvalue weighted by Crippen LogP contribution is -2.44. The fraction of sp³-hybridized carbons (Fsp3) is 0.304. The second-order valence-electron chi connectivity index (χ2n) is 7.03. The first kappa shape index (κ1) is 19.5. The van der Waals surface area contributed by atoms with Crippen molar-refractivity contribution in [1.29, 1.82) is 0 Å². The van der Waals surface area contributed by atoms with Gasteiger partial charge in [-0.2, -0.15) is 4.57 Å². The molecule has 2 aromatic carbocycles. The molecule has 1 amide bonds. The standard InChI is InChI=1S/C23H25N2O3S/c1-27-19-11-9-17(15-20(19)28-2)10-12-23-25(16-22(26)24-13-5-6-14-24)18-7-3-4-8-21(18)29-23/h3-4,7-12,15H,5-6,13-14,16H2,1-2H3/q+1/b12-10+. The SMILES string of the molecule is COc1ccc(/C=C/c2sc3ccccc3[n+]2CC(=O)N2CCCC2)cc1OC. The first-order valence-electron chi connectivity index (χ1n) is 9.79. The van der Waals surface area contributed by atoms with Crippen LogP contribution < -0.4 is 14.0 Å². The third-order valence-corrected chi connectivity index (χ3v) is 6.35. The molecule has 1 aromatic heterocycles. The first-order chi connectivity index (χ1) is 14.2. The molecule has 2 heterocycles. The summed E-state index contributed by atoms with van der Waals surface area (Å²) in [7, 11) is 3.26. The molecule has 0 radical (unpaired) electrons. The van der Waals surface area contributed by atoms with E-state index in [0.717, 1.165) is 42.0 Å². The van der Waals surface area contributed by atoms with E-state index in [4.69, 9.17) is 9.47 Å². The summed E-state index contributed by atoms with van der Waals surface area (Å²) in [6, 6.07) is 14.1. The van der Waals surface area contributed by atoms with E-state index in [1.54, 1.807) is 25.6 Å². The highest BCUT2D eigenvalue weighted by Gasteiger charge is 2.26. The van der Waals surface area contributed by atoms with Gasteiger partial charge in [0.25, 0.3) is 10.9 Å². The minimum Gasteiger partial charge on any atom is -0.493 e. The fourth-order valence-electron chi connectivity index (χ4n) is 3.67. The lowest BCUT2D eigenvalue weighted by molar-refractivity contribution is -0.656. The highest BCUT2D eigenvalue weighted by Crippen LogP contribution is 2.29. The maximum absolute atomic E-state index is 12.8. The first-order valence-corrected chi connectivity index (χ1v) is 10.6. The molecule has 0 saturated carbocycles. The van der Waals surface area contributed by atoms with Crippen LogP contribution in [0, 0.1) is 0 Å². The maximum Gasteiger partial charge on any atom is 0.288 e. The van der Waals surface area contributed by atoms with Crippen LogP contribution in [0.4, 0.5) is 0 Å². The Morgan fingerprint density at radius 1 is 1.07 bits per heavy atom. The third kappa shape index (κ3) is 4.12. The van der Waals surface area contributed by atoms with Gasteiger partial charge in [0.1, 0.15) is 4.70 Å². The van der Waals surface area contributed by atoms with Crippen molar-refractivity contribution in [1.82, 2.24) is 4.90 Å². The molecular formula is C23H25N2O3S+. The molecule has 0 bridgehead atoms. The molecule has 0 atom stereocenters. The number of amides is 1. The number of aromatic nitrogens is 1. The lowest BCUT2D eigenvalue weighted by atomic mass is 10.2. The number of methoxy groups -OCH3 is 2. The molecule has 1 saturated heterocycles. The molecule has 3 aromatic rings. The number of thiazole rings is 1. The molecule has 0 aliphatic carbocycles. The highest BCUT2D eigenvalue weighted by atomic mass is 32.1. The Balaban J connectivity index is 1.66. The summed E-state index contributed by atoms with van der Waals surface area (Å²) in [6.45, 7) is 2.12. The molecule has 150 valence electrons. The van der Waals surface area contributed by atoms with E-state index in [1.165, 1.54) is 4.70 Å². The Kier molecular flexibility index (Phi) is 5.81. The predicted octanol–water partition coefficient (Wildman–Crippen LogP) is 4.00. The summed E-state index contributed by atoms with van der Waals surface area (Å²) in [5, 5.41) is 1.05. The Morgan fingerprint density at radius 2 is 1.83 bits per heavy atom. The van der Waals surface area contributed by atoms with E-state index in [-0.39, 0.29) is 5.91 Å². The number of carbonyl (C=O) groups excluding carboxylic acids is 1. The number of carbonyl (C=O) groups is 1. The summed E-state index contributed by atoms with van der Waals surface area (Å²) in [5.41, 5.74) is 2.11. The molecule has 4 rings (SSSR count). The molecule has 1 fully saturated rings. The van der Waals surface area contributed by atoms with Crippen LogP contribution in [0.5, 0.6) is 11.5 Å². The number of para-hydroxylation sites is 1. The van der Waals surface area contributed by atoms with Gasteiger partial charge in [-0.25, -0.2) is 0 Å². The van der Waals surface area contributed by atoms with Crippen molar-refractivity contribution < 1.29 is 18.8 Å². The summed E-state index contributed by atoms with van der Waals surface area (Å²) in [4.78, 5) is 14.8. The number of likely N-dealkylation sites (tertiary alicyclic amines) is 1. The molecule has 5 nitrogen and oxygen atoms in total. The Hall–Kier alpha value is -2.86. The normalized spacial score (nSPS) is 14.1. The Labute approximate surface area is 174 Å².